The molecule has 0 saturated heterocycles. The molecule has 2 rings (SSSR count). The first-order valence-electron chi connectivity index (χ1n) is 8.39. The fourth-order valence-corrected chi connectivity index (χ4v) is 2.90. The van der Waals surface area contributed by atoms with Crippen LogP contribution in [0.2, 0.25) is 0 Å². The molecule has 4 nitrogen and oxygen atoms in total. The normalized spacial score (nSPS) is 9.73. The highest BCUT2D eigenvalue weighted by atomic mass is 127. The summed E-state index contributed by atoms with van der Waals surface area (Å²) in [4.78, 5) is 2.22. The van der Waals surface area contributed by atoms with E-state index in [2.05, 4.69) is 41.3 Å². The van der Waals surface area contributed by atoms with Gasteiger partial charge in [-0.1, -0.05) is 12.1 Å². The molecule has 0 heterocycles. The summed E-state index contributed by atoms with van der Waals surface area (Å²) in [5.41, 5.74) is 2.90. The van der Waals surface area contributed by atoms with Gasteiger partial charge in [-0.15, -0.1) is 0 Å². The van der Waals surface area contributed by atoms with Gasteiger partial charge in [0.25, 0.3) is 0 Å². The predicted molar refractivity (Wildman–Crippen MR) is 113 cm³/mol. The van der Waals surface area contributed by atoms with Crippen LogP contribution in [0, 0.1) is 26.2 Å². The van der Waals surface area contributed by atoms with Gasteiger partial charge in [0.05, 0.1) is 0 Å². The molecule has 0 aliphatic heterocycles. The number of hydrogen-bond acceptors (Lipinski definition) is 4. The standard InChI is InChI=1S/C21H20IN3O/c1-3-25(4-2)20-10-7-18(11-17(13-23)14-24)21(12-20)26-15-16-5-8-19(22)9-6-16/h5-12H,3-4,15H2,1-2H3. The molecule has 2 aromatic carbocycles. The first-order valence-corrected chi connectivity index (χ1v) is 9.47. The molecule has 5 heteroatoms. The zero-order chi connectivity index (χ0) is 18.9. The molecule has 132 valence electrons. The van der Waals surface area contributed by atoms with Gasteiger partial charge in [-0.05, 0) is 72.3 Å². The lowest BCUT2D eigenvalue weighted by Crippen LogP contribution is -2.21. The average molecular weight is 457 g/mol. The molecule has 0 saturated carbocycles. The largest absolute Gasteiger partial charge is 0.488 e. The Morgan fingerprint density at radius 3 is 2.31 bits per heavy atom. The number of rotatable bonds is 7. The Morgan fingerprint density at radius 2 is 1.73 bits per heavy atom. The highest BCUT2D eigenvalue weighted by Crippen LogP contribution is 2.28. The Labute approximate surface area is 168 Å². The van der Waals surface area contributed by atoms with E-state index in [9.17, 15) is 0 Å². The van der Waals surface area contributed by atoms with Crippen LogP contribution in [0.25, 0.3) is 6.08 Å². The molecule has 0 spiro atoms. The van der Waals surface area contributed by atoms with Gasteiger partial charge in [-0.2, -0.15) is 10.5 Å². The Kier molecular flexibility index (Phi) is 7.50. The van der Waals surface area contributed by atoms with Crippen molar-refractivity contribution < 1.29 is 4.74 Å². The van der Waals surface area contributed by atoms with E-state index in [4.69, 9.17) is 15.3 Å². The van der Waals surface area contributed by atoms with Gasteiger partial charge in [-0.25, -0.2) is 0 Å². The van der Waals surface area contributed by atoms with E-state index in [1.54, 1.807) is 6.08 Å². The first-order chi connectivity index (χ1) is 12.6. The summed E-state index contributed by atoms with van der Waals surface area (Å²) in [6, 6.07) is 17.8. The Morgan fingerprint density at radius 1 is 1.08 bits per heavy atom. The molecule has 0 aromatic heterocycles. The quantitative estimate of drug-likeness (QED) is 0.427. The molecule has 0 aliphatic carbocycles. The van der Waals surface area contributed by atoms with Crippen molar-refractivity contribution in [3.63, 3.8) is 0 Å². The van der Waals surface area contributed by atoms with E-state index in [1.807, 2.05) is 54.6 Å². The van der Waals surface area contributed by atoms with Crippen molar-refractivity contribution in [1.29, 1.82) is 10.5 Å². The Balaban J connectivity index is 2.36. The van der Waals surface area contributed by atoms with E-state index >= 15 is 0 Å². The predicted octanol–water partition coefficient (Wildman–Crippen LogP) is 5.15. The van der Waals surface area contributed by atoms with Gasteiger partial charge in [0, 0.05) is 34.0 Å². The van der Waals surface area contributed by atoms with E-state index in [-0.39, 0.29) is 5.57 Å². The van der Waals surface area contributed by atoms with Crippen LogP contribution in [0.5, 0.6) is 5.75 Å². The molecule has 0 atom stereocenters. The van der Waals surface area contributed by atoms with Crippen LogP contribution in [0.4, 0.5) is 5.69 Å². The summed E-state index contributed by atoms with van der Waals surface area (Å²) >= 11 is 2.27. The van der Waals surface area contributed by atoms with Crippen molar-refractivity contribution in [3.05, 3.63) is 62.7 Å². The van der Waals surface area contributed by atoms with Crippen LogP contribution in [0.15, 0.2) is 48.0 Å². The number of ether oxygens (including phenoxy) is 1. The lowest BCUT2D eigenvalue weighted by Gasteiger charge is -2.22. The maximum absolute atomic E-state index is 9.04. The number of allylic oxidation sites excluding steroid dienone is 1. The molecule has 0 unspecified atom stereocenters. The van der Waals surface area contributed by atoms with Crippen LogP contribution in [-0.4, -0.2) is 13.1 Å². The third kappa shape index (κ3) is 5.24. The molecule has 0 N–H and O–H groups in total. The second-order valence-electron chi connectivity index (χ2n) is 5.59. The molecule has 0 bridgehead atoms. The summed E-state index contributed by atoms with van der Waals surface area (Å²) in [6.45, 7) is 6.42. The fourth-order valence-electron chi connectivity index (χ4n) is 2.54. The molecule has 26 heavy (non-hydrogen) atoms. The SMILES string of the molecule is CCN(CC)c1ccc(C=C(C#N)C#N)c(OCc2ccc(I)cc2)c1. The minimum absolute atomic E-state index is 0.0553. The zero-order valence-electron chi connectivity index (χ0n) is 14.9. The topological polar surface area (TPSA) is 60.0 Å². The van der Waals surface area contributed by atoms with Crippen LogP contribution in [0.1, 0.15) is 25.0 Å². The van der Waals surface area contributed by atoms with Crippen molar-refractivity contribution in [2.75, 3.05) is 18.0 Å². The van der Waals surface area contributed by atoms with Gasteiger partial charge >= 0.3 is 0 Å². The number of nitrogens with zero attached hydrogens (tertiary/aromatic N) is 3. The van der Waals surface area contributed by atoms with Crippen LogP contribution >= 0.6 is 22.6 Å². The van der Waals surface area contributed by atoms with E-state index in [0.717, 1.165) is 29.9 Å². The van der Waals surface area contributed by atoms with Gasteiger partial charge in [-0.3, -0.25) is 0 Å². The third-order valence-corrected chi connectivity index (χ3v) is 4.69. The summed E-state index contributed by atoms with van der Waals surface area (Å²) in [6.07, 6.45) is 1.56. The maximum atomic E-state index is 9.04. The summed E-state index contributed by atoms with van der Waals surface area (Å²) < 4.78 is 7.21. The maximum Gasteiger partial charge on any atom is 0.130 e. The third-order valence-electron chi connectivity index (χ3n) is 3.97. The van der Waals surface area contributed by atoms with Gasteiger partial charge in [0.1, 0.15) is 30.1 Å². The number of hydrogen-bond donors (Lipinski definition) is 0. The number of nitriles is 2. The molecule has 0 fully saturated rings. The van der Waals surface area contributed by atoms with E-state index in [0.29, 0.717) is 12.4 Å². The summed E-state index contributed by atoms with van der Waals surface area (Å²) in [7, 11) is 0. The van der Waals surface area contributed by atoms with Crippen LogP contribution < -0.4 is 9.64 Å². The highest BCUT2D eigenvalue weighted by molar-refractivity contribution is 14.1. The lowest BCUT2D eigenvalue weighted by atomic mass is 10.1. The number of benzene rings is 2. The minimum atomic E-state index is 0.0553. The average Bonchev–Trinajstić information content (AvgIpc) is 2.67. The van der Waals surface area contributed by atoms with Crippen molar-refractivity contribution in [1.82, 2.24) is 0 Å². The second kappa shape index (κ2) is 9.84. The van der Waals surface area contributed by atoms with Crippen molar-refractivity contribution in [2.45, 2.75) is 20.5 Å². The molecular formula is C21H20IN3O. The van der Waals surface area contributed by atoms with E-state index < -0.39 is 0 Å². The molecular weight excluding hydrogens is 437 g/mol. The Bertz CT molecular complexity index is 840. The van der Waals surface area contributed by atoms with Gasteiger partial charge in [0.15, 0.2) is 0 Å². The smallest absolute Gasteiger partial charge is 0.130 e. The van der Waals surface area contributed by atoms with Crippen molar-refractivity contribution in [2.24, 2.45) is 0 Å². The zero-order valence-corrected chi connectivity index (χ0v) is 17.0. The summed E-state index contributed by atoms with van der Waals surface area (Å²) in [5.74, 6) is 0.663. The monoisotopic (exact) mass is 457 g/mol. The van der Waals surface area contributed by atoms with Crippen LogP contribution in [0.3, 0.4) is 0 Å². The van der Waals surface area contributed by atoms with E-state index in [1.165, 1.54) is 3.57 Å². The van der Waals surface area contributed by atoms with Gasteiger partial charge < -0.3 is 9.64 Å². The first kappa shape index (κ1) is 19.8. The lowest BCUT2D eigenvalue weighted by molar-refractivity contribution is 0.305. The Hall–Kier alpha value is -2.51. The minimum Gasteiger partial charge on any atom is -0.488 e. The molecule has 2 aromatic rings. The molecule has 0 amide bonds. The molecule has 0 aliphatic rings. The van der Waals surface area contributed by atoms with Crippen LogP contribution in [-0.2, 0) is 6.61 Å². The highest BCUT2D eigenvalue weighted by Gasteiger charge is 2.09. The van der Waals surface area contributed by atoms with Gasteiger partial charge in [0.2, 0.25) is 0 Å². The second-order valence-corrected chi connectivity index (χ2v) is 6.84. The fraction of sp³-hybridized carbons (Fsp3) is 0.238. The summed E-state index contributed by atoms with van der Waals surface area (Å²) in [5, 5.41) is 18.1. The molecule has 0 radical (unpaired) electrons. The number of anilines is 1. The van der Waals surface area contributed by atoms with Crippen molar-refractivity contribution >= 4 is 34.4 Å². The number of halogens is 1. The van der Waals surface area contributed by atoms with Crippen molar-refractivity contribution in [3.8, 4) is 17.9 Å².